The minimum absolute atomic E-state index is 0.509. The summed E-state index contributed by atoms with van der Waals surface area (Å²) in [7, 11) is 2.14. The third kappa shape index (κ3) is 2.89. The molecule has 98 valence electrons. The van der Waals surface area contributed by atoms with Gasteiger partial charge in [-0.05, 0) is 51.6 Å². The molecule has 4 heteroatoms. The zero-order valence-corrected chi connectivity index (χ0v) is 11.4. The van der Waals surface area contributed by atoms with Gasteiger partial charge < -0.3 is 10.7 Å². The lowest BCUT2D eigenvalue weighted by Gasteiger charge is -2.24. The standard InChI is InChI=1S/C14H22N4/c1-10(6-7-15)18(3)9-12-4-5-13-14(8-12)17-11(2)16-13/h4-5,8,10H,6-7,9,15H2,1-3H3,(H,16,17). The number of aromatic nitrogens is 2. The van der Waals surface area contributed by atoms with E-state index >= 15 is 0 Å². The lowest BCUT2D eigenvalue weighted by atomic mass is 10.1. The topological polar surface area (TPSA) is 57.9 Å². The Kier molecular flexibility index (Phi) is 3.99. The van der Waals surface area contributed by atoms with Gasteiger partial charge in [-0.15, -0.1) is 0 Å². The number of aromatic amines is 1. The highest BCUT2D eigenvalue weighted by atomic mass is 15.1. The first-order valence-corrected chi connectivity index (χ1v) is 6.45. The summed E-state index contributed by atoms with van der Waals surface area (Å²) in [5.41, 5.74) is 9.05. The number of hydrogen-bond donors (Lipinski definition) is 2. The van der Waals surface area contributed by atoms with Crippen LogP contribution >= 0.6 is 0 Å². The van der Waals surface area contributed by atoms with Crippen LogP contribution in [0.15, 0.2) is 18.2 Å². The third-order valence-corrected chi connectivity index (χ3v) is 3.43. The van der Waals surface area contributed by atoms with Gasteiger partial charge in [0.2, 0.25) is 0 Å². The van der Waals surface area contributed by atoms with E-state index < -0.39 is 0 Å². The predicted molar refractivity (Wildman–Crippen MR) is 75.4 cm³/mol. The Hall–Kier alpha value is -1.39. The van der Waals surface area contributed by atoms with Crippen molar-refractivity contribution in [3.05, 3.63) is 29.6 Å². The van der Waals surface area contributed by atoms with Gasteiger partial charge in [0.25, 0.3) is 0 Å². The fourth-order valence-corrected chi connectivity index (χ4v) is 2.19. The number of imidazole rings is 1. The zero-order valence-electron chi connectivity index (χ0n) is 11.4. The van der Waals surface area contributed by atoms with Crippen LogP contribution in [-0.2, 0) is 6.54 Å². The maximum absolute atomic E-state index is 5.60. The largest absolute Gasteiger partial charge is 0.342 e. The molecule has 1 unspecified atom stereocenters. The second-order valence-electron chi connectivity index (χ2n) is 5.02. The van der Waals surface area contributed by atoms with Crippen LogP contribution in [0, 0.1) is 6.92 Å². The molecule has 0 fully saturated rings. The normalized spacial score (nSPS) is 13.4. The van der Waals surface area contributed by atoms with E-state index in [9.17, 15) is 0 Å². The van der Waals surface area contributed by atoms with Gasteiger partial charge in [-0.3, -0.25) is 4.90 Å². The van der Waals surface area contributed by atoms with Gasteiger partial charge in [0.15, 0.2) is 0 Å². The highest BCUT2D eigenvalue weighted by Gasteiger charge is 2.09. The number of rotatable bonds is 5. The molecule has 0 radical (unpaired) electrons. The number of aryl methyl sites for hydroxylation is 1. The van der Waals surface area contributed by atoms with Crippen LogP contribution in [-0.4, -0.2) is 34.5 Å². The Labute approximate surface area is 108 Å². The van der Waals surface area contributed by atoms with E-state index in [-0.39, 0.29) is 0 Å². The Morgan fingerprint density at radius 1 is 1.44 bits per heavy atom. The molecule has 0 aliphatic heterocycles. The highest BCUT2D eigenvalue weighted by molar-refractivity contribution is 5.75. The van der Waals surface area contributed by atoms with Crippen LogP contribution < -0.4 is 5.73 Å². The van der Waals surface area contributed by atoms with Crippen molar-refractivity contribution in [3.63, 3.8) is 0 Å². The molecule has 0 aliphatic rings. The lowest BCUT2D eigenvalue weighted by Crippen LogP contribution is -2.30. The van der Waals surface area contributed by atoms with Gasteiger partial charge in [-0.25, -0.2) is 4.98 Å². The van der Waals surface area contributed by atoms with Crippen LogP contribution in [0.2, 0.25) is 0 Å². The molecule has 4 nitrogen and oxygen atoms in total. The number of benzene rings is 1. The monoisotopic (exact) mass is 246 g/mol. The molecular weight excluding hydrogens is 224 g/mol. The molecule has 0 spiro atoms. The van der Waals surface area contributed by atoms with Crippen molar-refractivity contribution >= 4 is 11.0 Å². The van der Waals surface area contributed by atoms with Crippen LogP contribution in [0.4, 0.5) is 0 Å². The average molecular weight is 246 g/mol. The van der Waals surface area contributed by atoms with Crippen molar-refractivity contribution in [3.8, 4) is 0 Å². The number of hydrogen-bond acceptors (Lipinski definition) is 3. The Balaban J connectivity index is 2.11. The van der Waals surface area contributed by atoms with Gasteiger partial charge in [-0.2, -0.15) is 0 Å². The number of nitrogens with two attached hydrogens (primary N) is 1. The van der Waals surface area contributed by atoms with Crippen molar-refractivity contribution < 1.29 is 0 Å². The maximum Gasteiger partial charge on any atom is 0.104 e. The van der Waals surface area contributed by atoms with Crippen molar-refractivity contribution in [2.45, 2.75) is 32.9 Å². The van der Waals surface area contributed by atoms with Crippen LogP contribution in [0.5, 0.6) is 0 Å². The third-order valence-electron chi connectivity index (χ3n) is 3.43. The first kappa shape index (κ1) is 13.1. The molecule has 0 saturated carbocycles. The van der Waals surface area contributed by atoms with Crippen molar-refractivity contribution in [1.29, 1.82) is 0 Å². The minimum atomic E-state index is 0.509. The molecule has 2 rings (SSSR count). The Morgan fingerprint density at radius 3 is 2.94 bits per heavy atom. The lowest BCUT2D eigenvalue weighted by molar-refractivity contribution is 0.240. The average Bonchev–Trinajstić information content (AvgIpc) is 2.68. The zero-order chi connectivity index (χ0) is 13.1. The summed E-state index contributed by atoms with van der Waals surface area (Å²) in [5.74, 6) is 0.965. The van der Waals surface area contributed by atoms with Crippen molar-refractivity contribution in [2.75, 3.05) is 13.6 Å². The second-order valence-corrected chi connectivity index (χ2v) is 5.02. The Bertz CT molecular complexity index is 517. The number of nitrogens with zero attached hydrogens (tertiary/aromatic N) is 2. The number of nitrogens with one attached hydrogen (secondary N) is 1. The molecule has 1 aromatic heterocycles. The summed E-state index contributed by atoms with van der Waals surface area (Å²) in [6.07, 6.45) is 1.03. The van der Waals surface area contributed by atoms with E-state index in [0.29, 0.717) is 6.04 Å². The van der Waals surface area contributed by atoms with Gasteiger partial charge in [0, 0.05) is 12.6 Å². The van der Waals surface area contributed by atoms with Gasteiger partial charge >= 0.3 is 0 Å². The molecule has 0 saturated heterocycles. The number of H-pyrrole nitrogens is 1. The fourth-order valence-electron chi connectivity index (χ4n) is 2.19. The van der Waals surface area contributed by atoms with E-state index in [1.54, 1.807) is 0 Å². The van der Waals surface area contributed by atoms with Gasteiger partial charge in [0.05, 0.1) is 11.0 Å². The van der Waals surface area contributed by atoms with Gasteiger partial charge in [0.1, 0.15) is 5.82 Å². The SMILES string of the molecule is Cc1nc2ccc(CN(C)C(C)CCN)cc2[nH]1. The molecule has 2 aromatic rings. The minimum Gasteiger partial charge on any atom is -0.342 e. The van der Waals surface area contributed by atoms with E-state index in [0.717, 1.165) is 36.4 Å². The van der Waals surface area contributed by atoms with Crippen molar-refractivity contribution in [1.82, 2.24) is 14.9 Å². The molecule has 1 aromatic carbocycles. The molecular formula is C14H22N4. The molecule has 18 heavy (non-hydrogen) atoms. The molecule has 0 aliphatic carbocycles. The maximum atomic E-state index is 5.60. The number of fused-ring (bicyclic) bond motifs is 1. The van der Waals surface area contributed by atoms with Crippen LogP contribution in [0.1, 0.15) is 24.7 Å². The smallest absolute Gasteiger partial charge is 0.104 e. The van der Waals surface area contributed by atoms with Crippen LogP contribution in [0.3, 0.4) is 0 Å². The van der Waals surface area contributed by atoms with E-state index in [2.05, 4.69) is 47.0 Å². The molecule has 0 amide bonds. The predicted octanol–water partition coefficient (Wildman–Crippen LogP) is 2.04. The molecule has 1 atom stereocenters. The molecule has 3 N–H and O–H groups in total. The second kappa shape index (κ2) is 5.50. The highest BCUT2D eigenvalue weighted by Crippen LogP contribution is 2.15. The first-order chi connectivity index (χ1) is 8.60. The van der Waals surface area contributed by atoms with E-state index in [1.807, 2.05) is 6.92 Å². The Morgan fingerprint density at radius 2 is 2.22 bits per heavy atom. The summed E-state index contributed by atoms with van der Waals surface area (Å²) in [6.45, 7) is 5.88. The van der Waals surface area contributed by atoms with E-state index in [4.69, 9.17) is 5.73 Å². The summed E-state index contributed by atoms with van der Waals surface area (Å²) >= 11 is 0. The molecule has 1 heterocycles. The van der Waals surface area contributed by atoms with E-state index in [1.165, 1.54) is 5.56 Å². The van der Waals surface area contributed by atoms with Gasteiger partial charge in [-0.1, -0.05) is 6.07 Å². The van der Waals surface area contributed by atoms with Crippen LogP contribution in [0.25, 0.3) is 11.0 Å². The quantitative estimate of drug-likeness (QED) is 0.849. The van der Waals surface area contributed by atoms with Crippen molar-refractivity contribution in [2.24, 2.45) is 5.73 Å². The fraction of sp³-hybridized carbons (Fsp3) is 0.500. The molecule has 0 bridgehead atoms. The first-order valence-electron chi connectivity index (χ1n) is 6.45. The summed E-state index contributed by atoms with van der Waals surface area (Å²) < 4.78 is 0. The summed E-state index contributed by atoms with van der Waals surface area (Å²) in [5, 5.41) is 0. The summed E-state index contributed by atoms with van der Waals surface area (Å²) in [6, 6.07) is 6.92. The summed E-state index contributed by atoms with van der Waals surface area (Å²) in [4.78, 5) is 10.0.